The summed E-state index contributed by atoms with van der Waals surface area (Å²) in [5.74, 6) is -0.676. The van der Waals surface area contributed by atoms with Crippen LogP contribution >= 0.6 is 11.3 Å². The average molecular weight is 306 g/mol. The molecular formula is C14H14N2O4S. The SMILES string of the molecule is Cc1cccc(OCC(=O)Nc2nc(CC(=O)O)cs2)c1. The van der Waals surface area contributed by atoms with E-state index >= 15 is 0 Å². The van der Waals surface area contributed by atoms with Gasteiger partial charge < -0.3 is 9.84 Å². The van der Waals surface area contributed by atoms with Gasteiger partial charge in [-0.3, -0.25) is 14.9 Å². The first-order chi connectivity index (χ1) is 10.0. The highest BCUT2D eigenvalue weighted by Crippen LogP contribution is 2.16. The molecule has 21 heavy (non-hydrogen) atoms. The Morgan fingerprint density at radius 3 is 2.95 bits per heavy atom. The van der Waals surface area contributed by atoms with Crippen molar-refractivity contribution in [3.8, 4) is 5.75 Å². The second-order valence-electron chi connectivity index (χ2n) is 4.37. The number of carboxylic acids is 1. The number of nitrogens with one attached hydrogen (secondary N) is 1. The summed E-state index contributed by atoms with van der Waals surface area (Å²) in [6, 6.07) is 7.39. The van der Waals surface area contributed by atoms with Crippen molar-refractivity contribution in [3.63, 3.8) is 0 Å². The molecule has 0 aliphatic heterocycles. The van der Waals surface area contributed by atoms with Crippen LogP contribution < -0.4 is 10.1 Å². The number of aryl methyl sites for hydroxylation is 1. The minimum absolute atomic E-state index is 0.128. The third kappa shape index (κ3) is 4.88. The summed E-state index contributed by atoms with van der Waals surface area (Å²) in [4.78, 5) is 26.3. The van der Waals surface area contributed by atoms with E-state index in [9.17, 15) is 9.59 Å². The van der Waals surface area contributed by atoms with Gasteiger partial charge in [0.05, 0.1) is 12.1 Å². The fourth-order valence-electron chi connectivity index (χ4n) is 1.61. The van der Waals surface area contributed by atoms with Crippen LogP contribution in [-0.2, 0) is 16.0 Å². The second kappa shape index (κ2) is 6.85. The number of carboxylic acid groups (broad SMARTS) is 1. The Kier molecular flexibility index (Phi) is 4.89. The molecule has 2 rings (SSSR count). The number of hydrogen-bond acceptors (Lipinski definition) is 5. The lowest BCUT2D eigenvalue weighted by Gasteiger charge is -2.06. The zero-order chi connectivity index (χ0) is 15.2. The minimum atomic E-state index is -0.957. The van der Waals surface area contributed by atoms with Gasteiger partial charge in [-0.05, 0) is 24.6 Å². The maximum atomic E-state index is 11.7. The Balaban J connectivity index is 1.84. The van der Waals surface area contributed by atoms with Gasteiger partial charge in [0.15, 0.2) is 11.7 Å². The fraction of sp³-hybridized carbons (Fsp3) is 0.214. The molecule has 0 spiro atoms. The third-order valence-electron chi connectivity index (χ3n) is 2.49. The van der Waals surface area contributed by atoms with Gasteiger partial charge in [0, 0.05) is 5.38 Å². The number of aliphatic carboxylic acids is 1. The molecule has 0 aliphatic rings. The quantitative estimate of drug-likeness (QED) is 0.853. The molecule has 0 fully saturated rings. The van der Waals surface area contributed by atoms with Gasteiger partial charge in [-0.1, -0.05) is 12.1 Å². The molecule has 110 valence electrons. The molecule has 0 atom stereocenters. The number of benzene rings is 1. The van der Waals surface area contributed by atoms with Crippen LogP contribution in [0.1, 0.15) is 11.3 Å². The lowest BCUT2D eigenvalue weighted by molar-refractivity contribution is -0.136. The molecule has 1 amide bonds. The summed E-state index contributed by atoms with van der Waals surface area (Å²) in [7, 11) is 0. The number of rotatable bonds is 6. The summed E-state index contributed by atoms with van der Waals surface area (Å²) in [6.07, 6.45) is -0.161. The summed E-state index contributed by atoms with van der Waals surface area (Å²) < 4.78 is 5.36. The number of ether oxygens (including phenoxy) is 1. The standard InChI is InChI=1S/C14H14N2O4S/c1-9-3-2-4-11(5-9)20-7-12(17)16-14-15-10(8-21-14)6-13(18)19/h2-5,8H,6-7H2,1H3,(H,18,19)(H,15,16,17). The van der Waals surface area contributed by atoms with Crippen LogP contribution in [0.25, 0.3) is 0 Å². The number of hydrogen-bond donors (Lipinski definition) is 2. The molecule has 6 nitrogen and oxygen atoms in total. The zero-order valence-electron chi connectivity index (χ0n) is 11.3. The summed E-state index contributed by atoms with van der Waals surface area (Å²) in [5, 5.41) is 13.2. The molecular weight excluding hydrogens is 292 g/mol. The monoisotopic (exact) mass is 306 g/mol. The summed E-state index contributed by atoms with van der Waals surface area (Å²) >= 11 is 1.18. The van der Waals surface area contributed by atoms with E-state index in [1.54, 1.807) is 11.4 Å². The average Bonchev–Trinajstić information content (AvgIpc) is 2.83. The highest BCUT2D eigenvalue weighted by Gasteiger charge is 2.09. The highest BCUT2D eigenvalue weighted by molar-refractivity contribution is 7.13. The van der Waals surface area contributed by atoms with Gasteiger partial charge in [-0.2, -0.15) is 0 Å². The first-order valence-electron chi connectivity index (χ1n) is 6.18. The van der Waals surface area contributed by atoms with Gasteiger partial charge in [0.2, 0.25) is 0 Å². The Bertz CT molecular complexity index is 654. The highest BCUT2D eigenvalue weighted by atomic mass is 32.1. The van der Waals surface area contributed by atoms with Crippen LogP contribution in [0.3, 0.4) is 0 Å². The van der Waals surface area contributed by atoms with E-state index in [0.29, 0.717) is 16.6 Å². The van der Waals surface area contributed by atoms with Gasteiger partial charge in [-0.15, -0.1) is 11.3 Å². The van der Waals surface area contributed by atoms with E-state index in [1.165, 1.54) is 11.3 Å². The Morgan fingerprint density at radius 1 is 1.43 bits per heavy atom. The number of carbonyl (C=O) groups is 2. The number of aromatic nitrogens is 1. The van der Waals surface area contributed by atoms with Crippen LogP contribution in [0.5, 0.6) is 5.75 Å². The van der Waals surface area contributed by atoms with E-state index in [2.05, 4.69) is 10.3 Å². The summed E-state index contributed by atoms with van der Waals surface area (Å²) in [6.45, 7) is 1.81. The van der Waals surface area contributed by atoms with Gasteiger partial charge in [-0.25, -0.2) is 4.98 Å². The number of carbonyl (C=O) groups excluding carboxylic acids is 1. The van der Waals surface area contributed by atoms with Crippen molar-refractivity contribution in [2.75, 3.05) is 11.9 Å². The molecule has 0 radical (unpaired) electrons. The topological polar surface area (TPSA) is 88.5 Å². The Hall–Kier alpha value is -2.41. The maximum Gasteiger partial charge on any atom is 0.309 e. The predicted octanol–water partition coefficient (Wildman–Crippen LogP) is 2.10. The van der Waals surface area contributed by atoms with Crippen LogP contribution in [-0.4, -0.2) is 28.6 Å². The van der Waals surface area contributed by atoms with E-state index in [1.807, 2.05) is 25.1 Å². The number of anilines is 1. The third-order valence-corrected chi connectivity index (χ3v) is 3.30. The minimum Gasteiger partial charge on any atom is -0.484 e. The van der Waals surface area contributed by atoms with E-state index in [0.717, 1.165) is 5.56 Å². The van der Waals surface area contributed by atoms with Crippen molar-refractivity contribution in [3.05, 3.63) is 40.9 Å². The van der Waals surface area contributed by atoms with E-state index < -0.39 is 5.97 Å². The van der Waals surface area contributed by atoms with Crippen molar-refractivity contribution >= 4 is 28.3 Å². The molecule has 1 aromatic heterocycles. The number of amides is 1. The van der Waals surface area contributed by atoms with Gasteiger partial charge in [0.25, 0.3) is 5.91 Å². The number of thiazole rings is 1. The molecule has 0 unspecified atom stereocenters. The van der Waals surface area contributed by atoms with Crippen molar-refractivity contribution < 1.29 is 19.4 Å². The smallest absolute Gasteiger partial charge is 0.309 e. The lowest BCUT2D eigenvalue weighted by atomic mass is 10.2. The molecule has 2 aromatic rings. The molecule has 1 heterocycles. The van der Waals surface area contributed by atoms with Crippen molar-refractivity contribution in [2.24, 2.45) is 0 Å². The lowest BCUT2D eigenvalue weighted by Crippen LogP contribution is -2.20. The van der Waals surface area contributed by atoms with Gasteiger partial charge >= 0.3 is 5.97 Å². The van der Waals surface area contributed by atoms with Gasteiger partial charge in [0.1, 0.15) is 5.75 Å². The molecule has 0 aliphatic carbocycles. The molecule has 0 saturated carbocycles. The molecule has 0 saturated heterocycles. The molecule has 7 heteroatoms. The van der Waals surface area contributed by atoms with Crippen molar-refractivity contribution in [1.82, 2.24) is 4.98 Å². The summed E-state index contributed by atoms with van der Waals surface area (Å²) in [5.41, 5.74) is 1.47. The number of nitrogens with zero attached hydrogens (tertiary/aromatic N) is 1. The van der Waals surface area contributed by atoms with Crippen LogP contribution in [0.15, 0.2) is 29.6 Å². The van der Waals surface area contributed by atoms with Crippen LogP contribution in [0.4, 0.5) is 5.13 Å². The normalized spacial score (nSPS) is 10.1. The molecule has 2 N–H and O–H groups in total. The molecule has 0 bridgehead atoms. The zero-order valence-corrected chi connectivity index (χ0v) is 12.1. The Morgan fingerprint density at radius 2 is 2.24 bits per heavy atom. The predicted molar refractivity (Wildman–Crippen MR) is 78.8 cm³/mol. The van der Waals surface area contributed by atoms with Crippen LogP contribution in [0, 0.1) is 6.92 Å². The van der Waals surface area contributed by atoms with Crippen molar-refractivity contribution in [2.45, 2.75) is 13.3 Å². The first kappa shape index (κ1) is 15.0. The van der Waals surface area contributed by atoms with E-state index in [-0.39, 0.29) is 18.9 Å². The maximum absolute atomic E-state index is 11.7. The van der Waals surface area contributed by atoms with Crippen LogP contribution in [0.2, 0.25) is 0 Å². The largest absolute Gasteiger partial charge is 0.484 e. The first-order valence-corrected chi connectivity index (χ1v) is 7.06. The Labute approximate surface area is 125 Å². The second-order valence-corrected chi connectivity index (χ2v) is 5.23. The van der Waals surface area contributed by atoms with Crippen molar-refractivity contribution in [1.29, 1.82) is 0 Å². The molecule has 1 aromatic carbocycles. The fourth-order valence-corrected chi connectivity index (χ4v) is 2.34. The van der Waals surface area contributed by atoms with E-state index in [4.69, 9.17) is 9.84 Å².